The van der Waals surface area contributed by atoms with Crippen molar-refractivity contribution >= 4 is 11.7 Å². The van der Waals surface area contributed by atoms with Gasteiger partial charge in [0.05, 0.1) is 11.5 Å². The van der Waals surface area contributed by atoms with E-state index in [1.165, 1.54) is 0 Å². The Balaban J connectivity index is 1.78. The molecule has 1 aliphatic rings. The lowest BCUT2D eigenvalue weighted by Gasteiger charge is -2.49. The molecule has 0 bridgehead atoms. The number of aromatic nitrogens is 3. The number of benzene rings is 1. The zero-order valence-electron chi connectivity index (χ0n) is 26.8. The molecule has 3 aromatic rings. The number of phenolic OH excluding ortho intramolecular Hbond substituents is 1. The Labute approximate surface area is 245 Å². The first-order chi connectivity index (χ1) is 18.9. The Hall–Kier alpha value is -2.95. The normalized spacial score (nSPS) is 22.8. The third-order valence-electron chi connectivity index (χ3n) is 8.71. The Bertz CT molecular complexity index is 1470. The summed E-state index contributed by atoms with van der Waals surface area (Å²) >= 11 is 0. The van der Waals surface area contributed by atoms with Crippen molar-refractivity contribution < 1.29 is 14.9 Å². The zero-order valence-corrected chi connectivity index (χ0v) is 26.8. The van der Waals surface area contributed by atoms with Crippen molar-refractivity contribution in [2.75, 3.05) is 0 Å². The van der Waals surface area contributed by atoms with E-state index in [-0.39, 0.29) is 34.7 Å². The average Bonchev–Trinajstić information content (AvgIpc) is 3.38. The molecular weight excluding hydrogens is 512 g/mol. The highest BCUT2D eigenvalue weighted by Crippen LogP contribution is 2.49. The summed E-state index contributed by atoms with van der Waals surface area (Å²) < 4.78 is 1.75. The monoisotopic (exact) mass is 560 g/mol. The fourth-order valence-corrected chi connectivity index (χ4v) is 6.24. The molecule has 0 amide bonds. The van der Waals surface area contributed by atoms with Gasteiger partial charge in [0.2, 0.25) is 0 Å². The van der Waals surface area contributed by atoms with Gasteiger partial charge in [0.25, 0.3) is 0 Å². The van der Waals surface area contributed by atoms with E-state index in [4.69, 9.17) is 19.9 Å². The van der Waals surface area contributed by atoms with Gasteiger partial charge in [-0.2, -0.15) is 10.4 Å². The smallest absolute Gasteiger partial charge is 0.174 e. The summed E-state index contributed by atoms with van der Waals surface area (Å²) in [4.78, 5) is 17.3. The third-order valence-corrected chi connectivity index (χ3v) is 8.71. The second-order valence-electron chi connectivity index (χ2n) is 15.3. The minimum atomic E-state index is -0.278. The molecule has 1 N–H and O–H groups in total. The van der Waals surface area contributed by atoms with Crippen LogP contribution in [0, 0.1) is 46.8 Å². The molecule has 7 heteroatoms. The topological polar surface area (TPSA) is 92.7 Å². The molecule has 1 fully saturated rings. The van der Waals surface area contributed by atoms with Crippen molar-refractivity contribution in [2.24, 2.45) is 28.6 Å². The van der Waals surface area contributed by atoms with Crippen LogP contribution in [0.25, 0.3) is 11.7 Å². The minimum Gasteiger partial charge on any atom is -0.508 e. The molecule has 1 aliphatic carbocycles. The van der Waals surface area contributed by atoms with Gasteiger partial charge in [-0.1, -0.05) is 75.3 Å². The first kappa shape index (κ1) is 31.0. The molecule has 7 nitrogen and oxygen atoms in total. The number of hydrogen-bond acceptors (Lipinski definition) is 6. The molecule has 4 rings (SSSR count). The fourth-order valence-electron chi connectivity index (χ4n) is 6.24. The first-order valence-electron chi connectivity index (χ1n) is 14.8. The average molecular weight is 561 g/mol. The molecule has 2 atom stereocenters. The van der Waals surface area contributed by atoms with Crippen molar-refractivity contribution in [1.82, 2.24) is 14.6 Å². The third kappa shape index (κ3) is 6.44. The molecule has 222 valence electrons. The highest BCUT2D eigenvalue weighted by molar-refractivity contribution is 5.65. The van der Waals surface area contributed by atoms with E-state index < -0.39 is 0 Å². The Morgan fingerprint density at radius 3 is 2.17 bits per heavy atom. The van der Waals surface area contributed by atoms with Crippen LogP contribution in [0.15, 0.2) is 18.2 Å². The number of phenols is 1. The number of hydrogen-bond donors (Lipinski definition) is 1. The number of rotatable bonds is 5. The van der Waals surface area contributed by atoms with Crippen LogP contribution in [0.3, 0.4) is 0 Å². The van der Waals surface area contributed by atoms with Gasteiger partial charge in [0, 0.05) is 11.0 Å². The summed E-state index contributed by atoms with van der Waals surface area (Å²) in [6.07, 6.45) is 4.11. The van der Waals surface area contributed by atoms with Crippen LogP contribution in [0.4, 0.5) is 0 Å². The number of aryl methyl sites for hydroxylation is 1. The molecule has 2 aromatic heterocycles. The summed E-state index contributed by atoms with van der Waals surface area (Å²) in [7, 11) is 0. The lowest BCUT2D eigenvalue weighted by atomic mass is 9.59. The largest absolute Gasteiger partial charge is 0.508 e. The maximum absolute atomic E-state index is 10.3. The van der Waals surface area contributed by atoms with Crippen LogP contribution in [-0.2, 0) is 21.8 Å². The van der Waals surface area contributed by atoms with Crippen molar-refractivity contribution in [1.29, 1.82) is 5.26 Å². The van der Waals surface area contributed by atoms with Gasteiger partial charge in [-0.25, -0.2) is 19.3 Å². The fraction of sp³-hybridized carbons (Fsp3) is 0.618. The van der Waals surface area contributed by atoms with E-state index in [9.17, 15) is 10.4 Å². The molecule has 0 radical (unpaired) electrons. The van der Waals surface area contributed by atoms with Crippen LogP contribution in [-0.4, -0.2) is 25.8 Å². The summed E-state index contributed by atoms with van der Waals surface area (Å²) in [5.74, 6) is 2.17. The first-order valence-corrected chi connectivity index (χ1v) is 14.8. The van der Waals surface area contributed by atoms with Crippen LogP contribution in [0.5, 0.6) is 5.75 Å². The molecule has 1 saturated carbocycles. The van der Waals surface area contributed by atoms with Crippen molar-refractivity contribution in [3.63, 3.8) is 0 Å². The lowest BCUT2D eigenvalue weighted by Crippen LogP contribution is -2.48. The summed E-state index contributed by atoms with van der Waals surface area (Å²) in [6.45, 7) is 24.3. The van der Waals surface area contributed by atoms with Gasteiger partial charge in [0.15, 0.2) is 11.5 Å². The predicted molar refractivity (Wildman–Crippen MR) is 162 cm³/mol. The van der Waals surface area contributed by atoms with Crippen molar-refractivity contribution in [3.05, 3.63) is 51.6 Å². The molecule has 41 heavy (non-hydrogen) atoms. The van der Waals surface area contributed by atoms with Gasteiger partial charge < -0.3 is 5.11 Å². The van der Waals surface area contributed by atoms with Crippen LogP contribution >= 0.6 is 0 Å². The van der Waals surface area contributed by atoms with Gasteiger partial charge in [-0.05, 0) is 77.7 Å². The quantitative estimate of drug-likeness (QED) is 0.266. The van der Waals surface area contributed by atoms with Crippen molar-refractivity contribution in [2.45, 2.75) is 107 Å². The molecule has 0 aliphatic heterocycles. The second kappa shape index (κ2) is 11.0. The van der Waals surface area contributed by atoms with E-state index in [1.807, 2.05) is 19.1 Å². The maximum atomic E-state index is 10.3. The SMILES string of the molecule is Cc1cc(O)ccc1/C=c1/c(COOC2C(C(C)(C)C)CC(C)CC2C(C)(C)C)c(C#N)c2nc(C(C)(C)C)nn12. The predicted octanol–water partition coefficient (Wildman–Crippen LogP) is 7.03. The second-order valence-corrected chi connectivity index (χ2v) is 15.3. The zero-order chi connectivity index (χ0) is 30.5. The summed E-state index contributed by atoms with van der Waals surface area (Å²) in [5.41, 5.74) is 3.33. The minimum absolute atomic E-state index is 0.0619. The summed E-state index contributed by atoms with van der Waals surface area (Å²) in [6, 6.07) is 7.62. The molecule has 0 saturated heterocycles. The number of nitrogens with zero attached hydrogens (tertiary/aromatic N) is 4. The van der Waals surface area contributed by atoms with Gasteiger partial charge in [-0.15, -0.1) is 0 Å². The maximum Gasteiger partial charge on any atom is 0.174 e. The highest BCUT2D eigenvalue weighted by Gasteiger charge is 2.47. The van der Waals surface area contributed by atoms with E-state index in [1.54, 1.807) is 16.6 Å². The Morgan fingerprint density at radius 2 is 1.66 bits per heavy atom. The van der Waals surface area contributed by atoms with Gasteiger partial charge >= 0.3 is 0 Å². The molecule has 2 unspecified atom stereocenters. The lowest BCUT2D eigenvalue weighted by molar-refractivity contribution is -0.367. The highest BCUT2D eigenvalue weighted by atomic mass is 17.2. The molecule has 1 aromatic carbocycles. The van der Waals surface area contributed by atoms with Crippen LogP contribution < -0.4 is 5.35 Å². The number of fused-ring (bicyclic) bond motifs is 1. The number of nitriles is 1. The van der Waals surface area contributed by atoms with E-state index in [2.05, 4.69) is 75.3 Å². The molecule has 0 spiro atoms. The standard InChI is InChI=1S/C34H48N4O3/c1-20-14-26(32(3,4)5)29(27(15-20)33(6,7)8)41-40-19-25-24(18-35)30-36-31(34(9,10)11)37-38(30)28(25)17-22-12-13-23(39)16-21(22)2/h12-13,16-17,20,26-27,29,39H,14-15,19H2,1-11H3/b28-17-. The molecular formula is C34H48N4O3. The van der Waals surface area contributed by atoms with Crippen LogP contribution in [0.2, 0.25) is 0 Å². The van der Waals surface area contributed by atoms with Crippen LogP contribution in [0.1, 0.15) is 110 Å². The Morgan fingerprint density at radius 1 is 1.05 bits per heavy atom. The van der Waals surface area contributed by atoms with Gasteiger partial charge in [0.1, 0.15) is 24.0 Å². The number of aromatic hydroxyl groups is 1. The van der Waals surface area contributed by atoms with Gasteiger partial charge in [-0.3, -0.25) is 0 Å². The van der Waals surface area contributed by atoms with E-state index in [0.717, 1.165) is 29.3 Å². The van der Waals surface area contributed by atoms with Crippen molar-refractivity contribution in [3.8, 4) is 11.8 Å². The molecule has 2 heterocycles. The van der Waals surface area contributed by atoms with E-state index in [0.29, 0.717) is 40.4 Å². The summed E-state index contributed by atoms with van der Waals surface area (Å²) in [5, 5.41) is 25.8. The van der Waals surface area contributed by atoms with E-state index >= 15 is 0 Å². The Kier molecular flexibility index (Phi) is 8.34.